The first-order valence-corrected chi connectivity index (χ1v) is 50.3. The number of unbranched alkanes of at least 4 members (excludes halogenated alkanes) is 53. The van der Waals surface area contributed by atoms with E-state index in [9.17, 15) is 43.2 Å². The van der Waals surface area contributed by atoms with Crippen molar-refractivity contribution in [2.75, 3.05) is 39.6 Å². The molecule has 0 aliphatic carbocycles. The zero-order valence-corrected chi connectivity index (χ0v) is 75.4. The van der Waals surface area contributed by atoms with E-state index in [1.165, 1.54) is 283 Å². The Morgan fingerprint density at radius 3 is 0.640 bits per heavy atom. The topological polar surface area (TPSA) is 237 Å². The third-order valence-electron chi connectivity index (χ3n) is 22.3. The van der Waals surface area contributed by atoms with Crippen LogP contribution in [-0.4, -0.2) is 96.7 Å². The molecule has 3 N–H and O–H groups in total. The van der Waals surface area contributed by atoms with Gasteiger partial charge in [0.15, 0.2) is 12.2 Å². The summed E-state index contributed by atoms with van der Waals surface area (Å²) in [5, 5.41) is 10.7. The predicted octanol–water partition coefficient (Wildman–Crippen LogP) is 28.3. The van der Waals surface area contributed by atoms with Crippen molar-refractivity contribution in [3.05, 3.63) is 0 Å². The van der Waals surface area contributed by atoms with Gasteiger partial charge in [0.1, 0.15) is 19.3 Å². The zero-order chi connectivity index (χ0) is 81.6. The molecule has 660 valence electrons. The van der Waals surface area contributed by atoms with Gasteiger partial charge in [0.25, 0.3) is 0 Å². The van der Waals surface area contributed by atoms with E-state index in [2.05, 4.69) is 55.4 Å². The molecule has 111 heavy (non-hydrogen) atoms. The molecule has 0 aromatic heterocycles. The van der Waals surface area contributed by atoms with Crippen LogP contribution in [0.3, 0.4) is 0 Å². The second-order valence-electron chi connectivity index (χ2n) is 34.5. The molecular weight excluding hydrogens is 1440 g/mol. The molecule has 0 bridgehead atoms. The fourth-order valence-electron chi connectivity index (χ4n) is 14.3. The van der Waals surface area contributed by atoms with Gasteiger partial charge in [-0.3, -0.25) is 37.3 Å². The smallest absolute Gasteiger partial charge is 0.462 e. The second-order valence-corrected chi connectivity index (χ2v) is 37.4. The number of aliphatic hydroxyl groups is 1. The Kier molecular flexibility index (Phi) is 79.1. The highest BCUT2D eigenvalue weighted by atomic mass is 31.2. The number of phosphoric ester groups is 2. The standard InChI is InChI=1S/C92H180O17P2/c1-9-84(7)70-62-54-45-39-33-27-21-15-11-13-17-23-29-35-41-47-56-64-72-89(94)102-78-87(108-91(96)74-66-58-48-42-36-30-24-18-14-12-16-22-28-34-40-46-55-63-71-85(8)10-2)80-106-110(98,99)104-76-86(93)77-105-111(100,101)107-81-88(79-103-90(95)73-65-57-51-50-53-61-69-83(5)6)109-92(97)75-67-59-49-43-37-31-25-19-20-26-32-38-44-52-60-68-82(3)4/h82-88,93H,9-81H2,1-8H3,(H,98,99)(H,100,101)/t84?,85?,86?,87-,88-/m1/s1. The predicted molar refractivity (Wildman–Crippen MR) is 460 cm³/mol. The molecule has 0 fully saturated rings. The highest BCUT2D eigenvalue weighted by Gasteiger charge is 2.31. The van der Waals surface area contributed by atoms with E-state index in [4.69, 9.17) is 37.0 Å². The minimum Gasteiger partial charge on any atom is -0.462 e. The van der Waals surface area contributed by atoms with Crippen molar-refractivity contribution >= 4 is 39.5 Å². The fraction of sp³-hybridized carbons (Fsp3) is 0.957. The molecule has 0 amide bonds. The lowest BCUT2D eigenvalue weighted by atomic mass is 9.99. The summed E-state index contributed by atoms with van der Waals surface area (Å²) < 4.78 is 69.0. The van der Waals surface area contributed by atoms with Crippen molar-refractivity contribution in [3.63, 3.8) is 0 Å². The zero-order valence-electron chi connectivity index (χ0n) is 73.6. The van der Waals surface area contributed by atoms with Crippen LogP contribution in [0.15, 0.2) is 0 Å². The van der Waals surface area contributed by atoms with Crippen molar-refractivity contribution in [1.29, 1.82) is 0 Å². The number of phosphoric acid groups is 2. The average molecular weight is 1620 g/mol. The monoisotopic (exact) mass is 1620 g/mol. The molecule has 0 heterocycles. The summed E-state index contributed by atoms with van der Waals surface area (Å²) in [5.74, 6) is 1.12. The lowest BCUT2D eigenvalue weighted by Gasteiger charge is -2.21. The maximum atomic E-state index is 13.2. The molecule has 0 rings (SSSR count). The lowest BCUT2D eigenvalue weighted by Crippen LogP contribution is -2.30. The molecule has 0 aromatic rings. The summed E-state index contributed by atoms with van der Waals surface area (Å²) in [7, 11) is -9.94. The normalized spacial score (nSPS) is 14.3. The second kappa shape index (κ2) is 80.5. The molecular formula is C92H180O17P2. The first-order chi connectivity index (χ1) is 53.7. The Morgan fingerprint density at radius 2 is 0.432 bits per heavy atom. The number of hydrogen-bond donors (Lipinski definition) is 3. The van der Waals surface area contributed by atoms with E-state index in [1.807, 2.05) is 0 Å². The quantitative estimate of drug-likeness (QED) is 0.0222. The van der Waals surface area contributed by atoms with Crippen LogP contribution in [0.2, 0.25) is 0 Å². The number of carbonyl (C=O) groups is 4. The van der Waals surface area contributed by atoms with Gasteiger partial charge in [-0.1, -0.05) is 434 Å². The highest BCUT2D eigenvalue weighted by molar-refractivity contribution is 7.47. The fourth-order valence-corrected chi connectivity index (χ4v) is 15.9. The van der Waals surface area contributed by atoms with Crippen molar-refractivity contribution in [3.8, 4) is 0 Å². The number of ether oxygens (including phenoxy) is 4. The van der Waals surface area contributed by atoms with Gasteiger partial charge >= 0.3 is 39.5 Å². The van der Waals surface area contributed by atoms with Crippen molar-refractivity contribution in [1.82, 2.24) is 0 Å². The molecule has 17 nitrogen and oxygen atoms in total. The molecule has 0 radical (unpaired) electrons. The Morgan fingerprint density at radius 1 is 0.252 bits per heavy atom. The summed E-state index contributed by atoms with van der Waals surface area (Å²) in [6.07, 6.45) is 72.5. The number of aliphatic hydroxyl groups excluding tert-OH is 1. The number of carbonyl (C=O) groups excluding carboxylic acids is 4. The Hall–Kier alpha value is -1.94. The molecule has 0 saturated heterocycles. The van der Waals surface area contributed by atoms with Crippen LogP contribution in [-0.2, 0) is 65.4 Å². The SMILES string of the molecule is CCC(C)CCCCCCCCCCCCCCCCCCCCC(=O)OC[C@H](COP(=O)(O)OCC(O)COP(=O)(O)OC[C@@H](COC(=O)CCCCCCCCC(C)C)OC(=O)CCCCCCCCCCCCCCCCCC(C)C)OC(=O)CCCCCCCCCCCCCCCCCCCCC(C)CC. The van der Waals surface area contributed by atoms with Crippen molar-refractivity contribution in [2.24, 2.45) is 23.7 Å². The van der Waals surface area contributed by atoms with Gasteiger partial charge in [0.2, 0.25) is 0 Å². The van der Waals surface area contributed by atoms with E-state index in [0.29, 0.717) is 31.6 Å². The van der Waals surface area contributed by atoms with E-state index in [-0.39, 0.29) is 25.7 Å². The maximum absolute atomic E-state index is 13.2. The molecule has 7 atom stereocenters. The van der Waals surface area contributed by atoms with Crippen molar-refractivity contribution in [2.45, 2.75) is 504 Å². The molecule has 0 aromatic carbocycles. The number of hydrogen-bond acceptors (Lipinski definition) is 15. The lowest BCUT2D eigenvalue weighted by molar-refractivity contribution is -0.161. The molecule has 0 aliphatic rings. The summed E-state index contributed by atoms with van der Waals surface area (Å²) in [6, 6.07) is 0. The van der Waals surface area contributed by atoms with E-state index < -0.39 is 97.5 Å². The average Bonchev–Trinajstić information content (AvgIpc) is 0.899. The van der Waals surface area contributed by atoms with E-state index >= 15 is 0 Å². The largest absolute Gasteiger partial charge is 0.472 e. The maximum Gasteiger partial charge on any atom is 0.472 e. The minimum absolute atomic E-state index is 0.107. The summed E-state index contributed by atoms with van der Waals surface area (Å²) in [5.41, 5.74) is 0. The third kappa shape index (κ3) is 82.9. The minimum atomic E-state index is -4.97. The molecule has 0 spiro atoms. The van der Waals surface area contributed by atoms with Gasteiger partial charge < -0.3 is 33.8 Å². The molecule has 19 heteroatoms. The van der Waals surface area contributed by atoms with Gasteiger partial charge in [-0.25, -0.2) is 9.13 Å². The first kappa shape index (κ1) is 109. The van der Waals surface area contributed by atoms with Gasteiger partial charge in [0.05, 0.1) is 26.4 Å². The Balaban J connectivity index is 5.20. The highest BCUT2D eigenvalue weighted by Crippen LogP contribution is 2.45. The van der Waals surface area contributed by atoms with E-state index in [0.717, 1.165) is 114 Å². The van der Waals surface area contributed by atoms with Gasteiger partial charge in [-0.2, -0.15) is 0 Å². The third-order valence-corrected chi connectivity index (χ3v) is 24.2. The summed E-state index contributed by atoms with van der Waals surface area (Å²) >= 11 is 0. The number of rotatable bonds is 89. The molecule has 5 unspecified atom stereocenters. The summed E-state index contributed by atoms with van der Waals surface area (Å²) in [4.78, 5) is 73.4. The number of esters is 4. The van der Waals surface area contributed by atoms with Crippen LogP contribution >= 0.6 is 15.6 Å². The van der Waals surface area contributed by atoms with E-state index in [1.54, 1.807) is 0 Å². The van der Waals surface area contributed by atoms with Crippen LogP contribution in [0, 0.1) is 23.7 Å². The van der Waals surface area contributed by atoms with Crippen LogP contribution in [0.5, 0.6) is 0 Å². The van der Waals surface area contributed by atoms with Crippen LogP contribution < -0.4 is 0 Å². The Labute approximate surface area is 683 Å². The van der Waals surface area contributed by atoms with Gasteiger partial charge in [0, 0.05) is 25.7 Å². The van der Waals surface area contributed by atoms with Crippen LogP contribution in [0.1, 0.15) is 486 Å². The first-order valence-electron chi connectivity index (χ1n) is 47.3. The molecule has 0 saturated carbocycles. The van der Waals surface area contributed by atoms with Gasteiger partial charge in [-0.05, 0) is 49.4 Å². The van der Waals surface area contributed by atoms with Crippen LogP contribution in [0.25, 0.3) is 0 Å². The summed E-state index contributed by atoms with van der Waals surface area (Å²) in [6.45, 7) is 14.4. The van der Waals surface area contributed by atoms with Crippen LogP contribution in [0.4, 0.5) is 0 Å². The van der Waals surface area contributed by atoms with Crippen molar-refractivity contribution < 1.29 is 80.2 Å². The van der Waals surface area contributed by atoms with Gasteiger partial charge in [-0.15, -0.1) is 0 Å². The molecule has 0 aliphatic heterocycles. The Bertz CT molecular complexity index is 2150.